The van der Waals surface area contributed by atoms with Crippen LogP contribution in [0.25, 0.3) is 0 Å². The zero-order valence-electron chi connectivity index (χ0n) is 12.4. The van der Waals surface area contributed by atoms with Gasteiger partial charge in [0.1, 0.15) is 5.54 Å². The first-order chi connectivity index (χ1) is 9.86. The van der Waals surface area contributed by atoms with Crippen molar-refractivity contribution >= 4 is 29.1 Å². The Hall–Kier alpha value is -1.89. The maximum atomic E-state index is 11.7. The van der Waals surface area contributed by atoms with E-state index in [1.165, 1.54) is 18.4 Å². The van der Waals surface area contributed by atoms with Gasteiger partial charge in [0.05, 0.1) is 7.11 Å². The number of nitrogens with one attached hydrogen (secondary N) is 2. The third-order valence-corrected chi connectivity index (χ3v) is 3.48. The average molecular weight is 312 g/mol. The molecule has 0 spiro atoms. The van der Waals surface area contributed by atoms with E-state index in [2.05, 4.69) is 15.4 Å². The highest BCUT2D eigenvalue weighted by Gasteiger charge is 2.30. The second-order valence-corrected chi connectivity index (χ2v) is 5.82. The Morgan fingerprint density at radius 3 is 2.62 bits per heavy atom. The summed E-state index contributed by atoms with van der Waals surface area (Å²) < 4.78 is 4.60. The molecule has 2 N–H and O–H groups in total. The van der Waals surface area contributed by atoms with E-state index in [0.29, 0.717) is 18.5 Å². The van der Waals surface area contributed by atoms with Crippen LogP contribution >= 0.6 is 11.3 Å². The number of hydrogen-bond donors (Lipinski definition) is 2. The number of ether oxygens (including phenoxy) is 1. The van der Waals surface area contributed by atoms with Crippen molar-refractivity contribution in [2.24, 2.45) is 0 Å². The first-order valence-electron chi connectivity index (χ1n) is 6.56. The zero-order valence-corrected chi connectivity index (χ0v) is 13.2. The second-order valence-electron chi connectivity index (χ2n) is 5.04. The average Bonchev–Trinajstić information content (AvgIpc) is 2.96. The summed E-state index contributed by atoms with van der Waals surface area (Å²) in [5.41, 5.74) is -0.428. The summed E-state index contributed by atoms with van der Waals surface area (Å²) in [4.78, 5) is 34.8. The Labute approximate surface area is 127 Å². The van der Waals surface area contributed by atoms with Crippen molar-refractivity contribution in [1.29, 1.82) is 0 Å². The van der Waals surface area contributed by atoms with Crippen LogP contribution in [-0.4, -0.2) is 37.0 Å². The first kappa shape index (κ1) is 17.2. The van der Waals surface area contributed by atoms with Gasteiger partial charge < -0.3 is 15.4 Å². The van der Waals surface area contributed by atoms with E-state index in [0.717, 1.165) is 0 Å². The highest BCUT2D eigenvalue weighted by atomic mass is 32.1. The number of thiophene rings is 1. The van der Waals surface area contributed by atoms with Gasteiger partial charge in [0.15, 0.2) is 0 Å². The minimum absolute atomic E-state index is 0.147. The lowest BCUT2D eigenvalue weighted by Gasteiger charge is -2.23. The van der Waals surface area contributed by atoms with Gasteiger partial charge in [-0.25, -0.2) is 4.79 Å². The largest absolute Gasteiger partial charge is 0.467 e. The first-order valence-corrected chi connectivity index (χ1v) is 7.51. The van der Waals surface area contributed by atoms with Gasteiger partial charge in [-0.15, -0.1) is 0 Å². The van der Waals surface area contributed by atoms with Crippen LogP contribution in [0.2, 0.25) is 0 Å². The highest BCUT2D eigenvalue weighted by molar-refractivity contribution is 7.08. The van der Waals surface area contributed by atoms with Crippen molar-refractivity contribution in [2.45, 2.75) is 32.2 Å². The number of esters is 1. The highest BCUT2D eigenvalue weighted by Crippen LogP contribution is 2.06. The predicted octanol–water partition coefficient (Wildman–Crippen LogP) is 1.33. The van der Waals surface area contributed by atoms with E-state index in [1.54, 1.807) is 25.3 Å². The Balaban J connectivity index is 2.25. The standard InChI is InChI=1S/C14H20N2O4S/c1-14(2,13(19)20-3)16-11(17)5-4-7-15-12(18)10-6-8-21-9-10/h6,8-9H,4-5,7H2,1-3H3,(H,15,18)(H,16,17). The summed E-state index contributed by atoms with van der Waals surface area (Å²) in [7, 11) is 1.27. The van der Waals surface area contributed by atoms with Gasteiger partial charge in [-0.05, 0) is 31.7 Å². The van der Waals surface area contributed by atoms with Crippen molar-refractivity contribution in [1.82, 2.24) is 10.6 Å². The molecular weight excluding hydrogens is 292 g/mol. The van der Waals surface area contributed by atoms with Gasteiger partial charge >= 0.3 is 5.97 Å². The summed E-state index contributed by atoms with van der Waals surface area (Å²) in [5.74, 6) is -0.900. The smallest absolute Gasteiger partial charge is 0.330 e. The van der Waals surface area contributed by atoms with Gasteiger partial charge in [-0.1, -0.05) is 0 Å². The molecule has 0 atom stereocenters. The van der Waals surface area contributed by atoms with Crippen LogP contribution < -0.4 is 10.6 Å². The molecular formula is C14H20N2O4S. The molecule has 0 aliphatic carbocycles. The minimum Gasteiger partial charge on any atom is -0.467 e. The van der Waals surface area contributed by atoms with E-state index >= 15 is 0 Å². The lowest BCUT2D eigenvalue weighted by molar-refractivity contribution is -0.149. The second kappa shape index (κ2) is 7.78. The lowest BCUT2D eigenvalue weighted by atomic mass is 10.1. The van der Waals surface area contributed by atoms with Crippen LogP contribution in [0, 0.1) is 0 Å². The quantitative estimate of drug-likeness (QED) is 0.587. The third kappa shape index (κ3) is 5.55. The van der Waals surface area contributed by atoms with Crippen molar-refractivity contribution in [3.05, 3.63) is 22.4 Å². The molecule has 0 unspecified atom stereocenters. The Morgan fingerprint density at radius 2 is 2.05 bits per heavy atom. The lowest BCUT2D eigenvalue weighted by Crippen LogP contribution is -2.50. The van der Waals surface area contributed by atoms with E-state index < -0.39 is 11.5 Å². The molecule has 1 heterocycles. The SMILES string of the molecule is COC(=O)C(C)(C)NC(=O)CCCNC(=O)c1ccsc1. The molecule has 0 fully saturated rings. The van der Waals surface area contributed by atoms with Crippen LogP contribution in [0.15, 0.2) is 16.8 Å². The van der Waals surface area contributed by atoms with Gasteiger partial charge in [0.2, 0.25) is 5.91 Å². The molecule has 0 aromatic carbocycles. The monoisotopic (exact) mass is 312 g/mol. The zero-order chi connectivity index (χ0) is 15.9. The third-order valence-electron chi connectivity index (χ3n) is 2.80. The van der Waals surface area contributed by atoms with E-state index in [9.17, 15) is 14.4 Å². The molecule has 1 aromatic rings. The molecule has 0 radical (unpaired) electrons. The molecule has 6 nitrogen and oxygen atoms in total. The number of amides is 2. The Bertz CT molecular complexity index is 497. The van der Waals surface area contributed by atoms with Crippen LogP contribution in [0.5, 0.6) is 0 Å². The van der Waals surface area contributed by atoms with Crippen molar-refractivity contribution in [2.75, 3.05) is 13.7 Å². The Kier molecular flexibility index (Phi) is 6.36. The number of carbonyl (C=O) groups excluding carboxylic acids is 3. The molecule has 0 aliphatic heterocycles. The molecule has 1 aromatic heterocycles. The van der Waals surface area contributed by atoms with Gasteiger partial charge in [-0.2, -0.15) is 11.3 Å². The molecule has 2 amide bonds. The molecule has 0 aliphatic rings. The molecule has 21 heavy (non-hydrogen) atoms. The molecule has 0 bridgehead atoms. The maximum absolute atomic E-state index is 11.7. The minimum atomic E-state index is -1.05. The summed E-state index contributed by atoms with van der Waals surface area (Å²) in [6.07, 6.45) is 0.726. The number of methoxy groups -OCH3 is 1. The summed E-state index contributed by atoms with van der Waals surface area (Å²) >= 11 is 1.45. The van der Waals surface area contributed by atoms with E-state index in [-0.39, 0.29) is 18.2 Å². The van der Waals surface area contributed by atoms with Gasteiger partial charge in [0, 0.05) is 23.9 Å². The predicted molar refractivity (Wildman–Crippen MR) is 80.1 cm³/mol. The van der Waals surface area contributed by atoms with Crippen molar-refractivity contribution < 1.29 is 19.1 Å². The molecule has 1 rings (SSSR count). The topological polar surface area (TPSA) is 84.5 Å². The fourth-order valence-electron chi connectivity index (χ4n) is 1.66. The van der Waals surface area contributed by atoms with Crippen molar-refractivity contribution in [3.8, 4) is 0 Å². The maximum Gasteiger partial charge on any atom is 0.330 e. The summed E-state index contributed by atoms with van der Waals surface area (Å²) in [6, 6.07) is 1.74. The molecule has 7 heteroatoms. The molecule has 0 saturated carbocycles. The molecule has 0 saturated heterocycles. The Morgan fingerprint density at radius 1 is 1.33 bits per heavy atom. The van der Waals surface area contributed by atoms with Crippen LogP contribution in [0.1, 0.15) is 37.0 Å². The van der Waals surface area contributed by atoms with Gasteiger partial charge in [0.25, 0.3) is 5.91 Å². The summed E-state index contributed by atoms with van der Waals surface area (Å²) in [5, 5.41) is 8.93. The van der Waals surface area contributed by atoms with Crippen LogP contribution in [0.4, 0.5) is 0 Å². The number of hydrogen-bond acceptors (Lipinski definition) is 5. The fraction of sp³-hybridized carbons (Fsp3) is 0.500. The van der Waals surface area contributed by atoms with E-state index in [4.69, 9.17) is 0 Å². The van der Waals surface area contributed by atoms with Crippen LogP contribution in [-0.2, 0) is 14.3 Å². The number of rotatable bonds is 7. The van der Waals surface area contributed by atoms with Crippen molar-refractivity contribution in [3.63, 3.8) is 0 Å². The fourth-order valence-corrected chi connectivity index (χ4v) is 2.30. The van der Waals surface area contributed by atoms with E-state index in [1.807, 2.05) is 5.38 Å². The van der Waals surface area contributed by atoms with Crippen LogP contribution in [0.3, 0.4) is 0 Å². The normalized spacial score (nSPS) is 10.8. The molecule has 116 valence electrons. The number of carbonyl (C=O) groups is 3. The summed E-state index contributed by atoms with van der Waals surface area (Å²) in [6.45, 7) is 3.56. The van der Waals surface area contributed by atoms with Gasteiger partial charge in [-0.3, -0.25) is 9.59 Å².